The molecule has 0 amide bonds. The van der Waals surface area contributed by atoms with Gasteiger partial charge < -0.3 is 4.90 Å². The van der Waals surface area contributed by atoms with E-state index < -0.39 is 0 Å². The molecule has 0 saturated carbocycles. The Kier molecular flexibility index (Phi) is 1.91. The highest BCUT2D eigenvalue weighted by Gasteiger charge is 2.21. The number of piperazine rings is 1. The minimum atomic E-state index is 0.656. The van der Waals surface area contributed by atoms with Crippen molar-refractivity contribution in [2.45, 2.75) is 0 Å². The van der Waals surface area contributed by atoms with E-state index in [0.717, 1.165) is 26.2 Å². The molecular formula is C6H11N6+. The van der Waals surface area contributed by atoms with Crippen LogP contribution in [0.25, 0.3) is 0 Å². The average Bonchev–Trinajstić information content (AvgIpc) is 2.58. The number of likely N-dealkylation sites (N-methyl/N-ethyl adjacent to an activating group) is 1. The molecule has 2 aliphatic heterocycles. The van der Waals surface area contributed by atoms with E-state index in [9.17, 15) is 0 Å². The number of hydrogen-bond acceptors (Lipinski definition) is 3. The Labute approximate surface area is 70.3 Å². The van der Waals surface area contributed by atoms with Crippen molar-refractivity contribution in [1.82, 2.24) is 4.90 Å². The van der Waals surface area contributed by atoms with Crippen LogP contribution in [-0.2, 0) is 0 Å². The molecule has 1 saturated heterocycles. The van der Waals surface area contributed by atoms with E-state index in [1.54, 1.807) is 0 Å². The Bertz CT molecular complexity index is 241. The van der Waals surface area contributed by atoms with Crippen LogP contribution in [0.5, 0.6) is 0 Å². The second-order valence-electron chi connectivity index (χ2n) is 2.97. The van der Waals surface area contributed by atoms with Gasteiger partial charge in [0.15, 0.2) is 0 Å². The Balaban J connectivity index is 2.10. The van der Waals surface area contributed by atoms with Gasteiger partial charge in [0.1, 0.15) is 0 Å². The fourth-order valence-corrected chi connectivity index (χ4v) is 1.27. The summed E-state index contributed by atoms with van der Waals surface area (Å²) in [4.78, 5) is 2.28. The van der Waals surface area contributed by atoms with E-state index in [1.807, 2.05) is 0 Å². The van der Waals surface area contributed by atoms with Crippen molar-refractivity contribution in [1.29, 1.82) is 0 Å². The number of guanidine groups is 1. The third kappa shape index (κ3) is 1.38. The van der Waals surface area contributed by atoms with E-state index in [0.29, 0.717) is 5.96 Å². The summed E-state index contributed by atoms with van der Waals surface area (Å²) in [7, 11) is 2.11. The lowest BCUT2D eigenvalue weighted by atomic mass is 10.4. The molecule has 0 atom stereocenters. The molecule has 2 rings (SSSR count). The van der Waals surface area contributed by atoms with Crippen molar-refractivity contribution in [3.05, 3.63) is 0 Å². The fourth-order valence-electron chi connectivity index (χ4n) is 1.27. The normalized spacial score (nSPS) is 24.1. The molecule has 2 aliphatic rings. The molecule has 0 bridgehead atoms. The van der Waals surface area contributed by atoms with Gasteiger partial charge in [0.05, 0.1) is 33.8 Å². The van der Waals surface area contributed by atoms with Gasteiger partial charge in [0.2, 0.25) is 0 Å². The lowest BCUT2D eigenvalue weighted by molar-refractivity contribution is -0.540. The third-order valence-electron chi connectivity index (χ3n) is 2.09. The Morgan fingerprint density at radius 2 is 1.75 bits per heavy atom. The topological polar surface area (TPSA) is 55.7 Å². The van der Waals surface area contributed by atoms with Crippen LogP contribution in [0.4, 0.5) is 0 Å². The minimum absolute atomic E-state index is 0.656. The molecule has 64 valence electrons. The summed E-state index contributed by atoms with van der Waals surface area (Å²) in [5.41, 5.74) is 0. The van der Waals surface area contributed by atoms with Gasteiger partial charge in [-0.2, -0.15) is 0 Å². The van der Waals surface area contributed by atoms with Gasteiger partial charge in [-0.3, -0.25) is 4.58 Å². The van der Waals surface area contributed by atoms with Gasteiger partial charge >= 0.3 is 5.96 Å². The Hall–Kier alpha value is -1.17. The summed E-state index contributed by atoms with van der Waals surface area (Å²) in [5, 5.41) is 14.5. The fraction of sp³-hybridized carbons (Fsp3) is 0.833. The summed E-state index contributed by atoms with van der Waals surface area (Å²) in [6.07, 6.45) is 0. The van der Waals surface area contributed by atoms with Crippen molar-refractivity contribution in [2.75, 3.05) is 33.2 Å². The smallest absolute Gasteiger partial charge is 0.300 e. The Morgan fingerprint density at radius 3 is 2.33 bits per heavy atom. The van der Waals surface area contributed by atoms with Crippen LogP contribution in [0.3, 0.4) is 0 Å². The summed E-state index contributed by atoms with van der Waals surface area (Å²) in [6.45, 7) is 4.02. The number of nitrogens with zero attached hydrogens (tertiary/aromatic N) is 6. The SMILES string of the molecule is CN1CC[N+](=C2N=NN=N2)CC1. The maximum Gasteiger partial charge on any atom is 0.476 e. The highest BCUT2D eigenvalue weighted by Crippen LogP contribution is 2.01. The number of hydrogen-bond donors (Lipinski definition) is 0. The van der Waals surface area contributed by atoms with Crippen LogP contribution < -0.4 is 0 Å². The summed E-state index contributed by atoms with van der Waals surface area (Å²) in [5.74, 6) is 0.656. The summed E-state index contributed by atoms with van der Waals surface area (Å²) < 4.78 is 2.10. The van der Waals surface area contributed by atoms with Gasteiger partial charge in [-0.05, 0) is 7.05 Å². The predicted octanol–water partition coefficient (Wildman–Crippen LogP) is 0.133. The molecule has 1 fully saturated rings. The van der Waals surface area contributed by atoms with Crippen LogP contribution in [0.2, 0.25) is 0 Å². The molecule has 0 aromatic carbocycles. The Morgan fingerprint density at radius 1 is 1.17 bits per heavy atom. The summed E-state index contributed by atoms with van der Waals surface area (Å²) >= 11 is 0. The van der Waals surface area contributed by atoms with Crippen LogP contribution in [0, 0.1) is 0 Å². The molecule has 0 aliphatic carbocycles. The average molecular weight is 167 g/mol. The third-order valence-corrected chi connectivity index (χ3v) is 2.09. The molecule has 0 spiro atoms. The molecule has 0 aromatic heterocycles. The van der Waals surface area contributed by atoms with E-state index >= 15 is 0 Å². The molecule has 12 heavy (non-hydrogen) atoms. The second-order valence-corrected chi connectivity index (χ2v) is 2.97. The first kappa shape index (κ1) is 7.48. The quantitative estimate of drug-likeness (QED) is 0.473. The minimum Gasteiger partial charge on any atom is -0.300 e. The van der Waals surface area contributed by atoms with E-state index in [4.69, 9.17) is 0 Å². The van der Waals surface area contributed by atoms with E-state index in [-0.39, 0.29) is 0 Å². The highest BCUT2D eigenvalue weighted by atomic mass is 15.6. The standard InChI is InChI=1S/C6H11N6/c1-11-2-4-12(5-3-11)6-7-9-10-8-6/h2-5H2,1H3/q+1. The van der Waals surface area contributed by atoms with Crippen LogP contribution in [0.1, 0.15) is 0 Å². The van der Waals surface area contributed by atoms with Crippen molar-refractivity contribution in [3.63, 3.8) is 0 Å². The van der Waals surface area contributed by atoms with Gasteiger partial charge in [-0.15, -0.1) is 0 Å². The number of rotatable bonds is 0. The lowest BCUT2D eigenvalue weighted by Gasteiger charge is -2.22. The molecule has 6 nitrogen and oxygen atoms in total. The zero-order valence-corrected chi connectivity index (χ0v) is 7.01. The second kappa shape index (κ2) is 3.06. The first-order chi connectivity index (χ1) is 5.86. The van der Waals surface area contributed by atoms with Gasteiger partial charge in [-0.25, -0.2) is 0 Å². The maximum absolute atomic E-state index is 3.80. The molecule has 0 N–H and O–H groups in total. The van der Waals surface area contributed by atoms with E-state index in [2.05, 4.69) is 37.2 Å². The first-order valence-electron chi connectivity index (χ1n) is 3.98. The molecule has 0 unspecified atom stereocenters. The van der Waals surface area contributed by atoms with Crippen LogP contribution in [0.15, 0.2) is 20.7 Å². The van der Waals surface area contributed by atoms with Crippen molar-refractivity contribution < 1.29 is 4.58 Å². The predicted molar refractivity (Wildman–Crippen MR) is 42.2 cm³/mol. The van der Waals surface area contributed by atoms with Gasteiger partial charge in [-0.1, -0.05) is 0 Å². The van der Waals surface area contributed by atoms with Crippen LogP contribution >= 0.6 is 0 Å². The van der Waals surface area contributed by atoms with Crippen molar-refractivity contribution in [2.24, 2.45) is 20.7 Å². The van der Waals surface area contributed by atoms with Crippen LogP contribution in [-0.4, -0.2) is 48.7 Å². The van der Waals surface area contributed by atoms with E-state index in [1.165, 1.54) is 0 Å². The molecule has 6 heteroatoms. The molecule has 0 radical (unpaired) electrons. The lowest BCUT2D eigenvalue weighted by Crippen LogP contribution is -2.41. The molecular weight excluding hydrogens is 156 g/mol. The zero-order chi connectivity index (χ0) is 8.39. The first-order valence-corrected chi connectivity index (χ1v) is 3.98. The van der Waals surface area contributed by atoms with Gasteiger partial charge in [0.25, 0.3) is 0 Å². The van der Waals surface area contributed by atoms with Crippen molar-refractivity contribution >= 4 is 5.96 Å². The summed E-state index contributed by atoms with van der Waals surface area (Å²) in [6, 6.07) is 0. The van der Waals surface area contributed by atoms with Crippen molar-refractivity contribution in [3.8, 4) is 0 Å². The molecule has 2 heterocycles. The van der Waals surface area contributed by atoms with Gasteiger partial charge in [0, 0.05) is 13.1 Å². The maximum atomic E-state index is 3.80. The largest absolute Gasteiger partial charge is 0.476 e. The monoisotopic (exact) mass is 167 g/mol. The highest BCUT2D eigenvalue weighted by molar-refractivity contribution is 5.76. The molecule has 0 aromatic rings. The zero-order valence-electron chi connectivity index (χ0n) is 7.01.